The summed E-state index contributed by atoms with van der Waals surface area (Å²) in [6.45, 7) is 9.74. The molecule has 63 heavy (non-hydrogen) atoms. The van der Waals surface area contributed by atoms with Gasteiger partial charge in [0.15, 0.2) is 0 Å². The van der Waals surface area contributed by atoms with Gasteiger partial charge in [0.25, 0.3) is 0 Å². The predicted octanol–water partition coefficient (Wildman–Crippen LogP) is 11.5. The minimum atomic E-state index is -2.59. The number of hydrogen-bond donors (Lipinski definition) is 1. The molecule has 4 aromatic rings. The lowest BCUT2D eigenvalue weighted by Gasteiger charge is -2.54. The van der Waals surface area contributed by atoms with Gasteiger partial charge in [0.2, 0.25) is 11.8 Å². The molecule has 2 spiro atoms. The lowest BCUT2D eigenvalue weighted by molar-refractivity contribution is -0.186. The van der Waals surface area contributed by atoms with Gasteiger partial charge in [0, 0.05) is 55.9 Å². The molecule has 5 fully saturated rings. The third kappa shape index (κ3) is 9.55. The Hall–Kier alpha value is -4.75. The summed E-state index contributed by atoms with van der Waals surface area (Å²) in [7, 11) is 2.70. The summed E-state index contributed by atoms with van der Waals surface area (Å²) in [6.07, 6.45) is 6.51. The summed E-state index contributed by atoms with van der Waals surface area (Å²) in [6, 6.07) is 18.8. The molecule has 2 saturated heterocycles. The van der Waals surface area contributed by atoms with Crippen LogP contribution in [-0.4, -0.2) is 72.3 Å². The molecule has 3 aliphatic carbocycles. The van der Waals surface area contributed by atoms with E-state index in [0.29, 0.717) is 36.6 Å². The summed E-state index contributed by atoms with van der Waals surface area (Å²) < 4.78 is 71.6. The average molecular weight is 874 g/mol. The zero-order chi connectivity index (χ0) is 45.1. The number of hydrogen-bond acceptors (Lipinski definition) is 8. The number of piperidine rings is 2. The van der Waals surface area contributed by atoms with Crippen LogP contribution in [0.3, 0.4) is 0 Å². The molecule has 1 aromatic heterocycles. The van der Waals surface area contributed by atoms with Gasteiger partial charge in [-0.15, -0.1) is 0 Å². The molecule has 1 N–H and O–H groups in total. The van der Waals surface area contributed by atoms with Gasteiger partial charge < -0.3 is 19.5 Å². The van der Waals surface area contributed by atoms with Crippen LogP contribution >= 0.6 is 0 Å². The quantitative estimate of drug-likeness (QED) is 0.111. The Morgan fingerprint density at radius 2 is 1.33 bits per heavy atom. The maximum atomic E-state index is 14.1. The zero-order valence-electron chi connectivity index (χ0n) is 37.1. The van der Waals surface area contributed by atoms with Gasteiger partial charge >= 0.3 is 18.0 Å². The second kappa shape index (κ2) is 16.7. The highest BCUT2D eigenvalue weighted by Gasteiger charge is 2.59. The maximum absolute atomic E-state index is 14.1. The molecule has 0 unspecified atom stereocenters. The van der Waals surface area contributed by atoms with E-state index in [2.05, 4.69) is 21.0 Å². The topological polar surface area (TPSA) is 99.1 Å². The van der Waals surface area contributed by atoms with Crippen LogP contribution in [0.1, 0.15) is 152 Å². The SMILES string of the molecule is COC(=O)c1ccc([C@@H]2CC3(CCN2)CC(F)(F)C3)cc1.COC(=O)c1ccc([C@@H]2CC3(CCN2Cc2c(C4CC4)cc(C)c4c2ccn4C(=O)OC(C)(C)C)CC(F)(F)C3)cc1. The zero-order valence-corrected chi connectivity index (χ0v) is 37.1. The van der Waals surface area contributed by atoms with Crippen LogP contribution in [0.5, 0.6) is 0 Å². The number of carbonyl (C=O) groups is 3. The number of nitrogens with zero attached hydrogens (tertiary/aromatic N) is 2. The molecule has 0 bridgehead atoms. The summed E-state index contributed by atoms with van der Waals surface area (Å²) >= 11 is 0. The normalized spacial score (nSPS) is 23.2. The van der Waals surface area contributed by atoms with Crippen molar-refractivity contribution in [2.24, 2.45) is 10.8 Å². The Morgan fingerprint density at radius 1 is 0.778 bits per heavy atom. The van der Waals surface area contributed by atoms with E-state index in [1.54, 1.807) is 35.0 Å². The number of aryl methyl sites for hydroxylation is 1. The lowest BCUT2D eigenvalue weighted by atomic mass is 9.59. The number of nitrogens with one attached hydrogen (secondary N) is 1. The van der Waals surface area contributed by atoms with Crippen molar-refractivity contribution in [3.8, 4) is 0 Å². The molecule has 0 amide bonds. The number of aromatic nitrogens is 1. The standard InChI is InChI=1S/C34H40F2N2O4.C16H19F2NO2/c1-21-16-26(22-6-7-22)27(25-12-14-38(29(21)25)31(40)42-32(2,3)4)18-37-15-13-33(19-34(35,36)20-33)17-28(37)23-8-10-24(11-9-23)30(39)41-5;1-21-14(20)12-4-2-11(3-5-12)13-8-15(6-7-19-13)9-16(17,18)10-15/h8-12,14,16,22,28H,6-7,13,15,17-20H2,1-5H3;2-5,13,19H,6-10H2,1H3/t28-;13-/m00/s1. The van der Waals surface area contributed by atoms with E-state index in [9.17, 15) is 31.9 Å². The van der Waals surface area contributed by atoms with Crippen molar-refractivity contribution in [2.75, 3.05) is 27.3 Å². The molecule has 13 heteroatoms. The highest BCUT2D eigenvalue weighted by molar-refractivity contribution is 5.94. The molecule has 2 aliphatic heterocycles. The Labute approximate surface area is 366 Å². The smallest absolute Gasteiger partial charge is 0.418 e. The van der Waals surface area contributed by atoms with Crippen LogP contribution in [-0.2, 0) is 20.8 Å². The maximum Gasteiger partial charge on any atom is 0.418 e. The third-order valence-electron chi connectivity index (χ3n) is 13.9. The Kier molecular flexibility index (Phi) is 11.9. The molecular weight excluding hydrogens is 815 g/mol. The number of alkyl halides is 4. The van der Waals surface area contributed by atoms with Crippen LogP contribution in [0, 0.1) is 17.8 Å². The first-order valence-corrected chi connectivity index (χ1v) is 22.2. The number of rotatable bonds is 7. The molecule has 338 valence electrons. The van der Waals surface area contributed by atoms with Gasteiger partial charge in [-0.05, 0) is 154 Å². The number of benzene rings is 3. The Balaban J connectivity index is 0.000000217. The molecule has 3 heterocycles. The minimum Gasteiger partial charge on any atom is -0.465 e. The number of ether oxygens (including phenoxy) is 3. The van der Waals surface area contributed by atoms with E-state index >= 15 is 0 Å². The predicted molar refractivity (Wildman–Crippen MR) is 231 cm³/mol. The highest BCUT2D eigenvalue weighted by Crippen LogP contribution is 2.61. The molecule has 5 aliphatic rings. The first-order valence-electron chi connectivity index (χ1n) is 22.2. The number of carbonyl (C=O) groups excluding carboxylic acids is 3. The van der Waals surface area contributed by atoms with Gasteiger partial charge in [0.05, 0.1) is 30.9 Å². The largest absolute Gasteiger partial charge is 0.465 e. The second-order valence-electron chi connectivity index (χ2n) is 20.0. The molecule has 9 rings (SSSR count). The number of methoxy groups -OCH3 is 2. The molecule has 9 nitrogen and oxygen atoms in total. The Morgan fingerprint density at radius 3 is 1.86 bits per heavy atom. The van der Waals surface area contributed by atoms with Crippen LogP contribution in [0.4, 0.5) is 22.4 Å². The fourth-order valence-electron chi connectivity index (χ4n) is 10.9. The molecular formula is C50H59F4N3O6. The summed E-state index contributed by atoms with van der Waals surface area (Å²) in [5, 5.41) is 4.43. The highest BCUT2D eigenvalue weighted by atomic mass is 19.3. The number of fused-ring (bicyclic) bond motifs is 1. The Bertz CT molecular complexity index is 2350. The first-order chi connectivity index (χ1) is 29.7. The van der Waals surface area contributed by atoms with Crippen molar-refractivity contribution in [3.63, 3.8) is 0 Å². The molecule has 0 radical (unpaired) electrons. The van der Waals surface area contributed by atoms with Gasteiger partial charge in [-0.25, -0.2) is 31.9 Å². The van der Waals surface area contributed by atoms with Crippen molar-refractivity contribution < 1.29 is 46.2 Å². The van der Waals surface area contributed by atoms with Crippen molar-refractivity contribution in [1.82, 2.24) is 14.8 Å². The van der Waals surface area contributed by atoms with Crippen LogP contribution in [0.2, 0.25) is 0 Å². The first kappa shape index (κ1) is 44.8. The van der Waals surface area contributed by atoms with E-state index in [1.807, 2.05) is 58.0 Å². The molecule has 3 aromatic carbocycles. The molecule has 2 atom stereocenters. The summed E-state index contributed by atoms with van der Waals surface area (Å²) in [4.78, 5) is 39.0. The van der Waals surface area contributed by atoms with E-state index in [4.69, 9.17) is 9.47 Å². The van der Waals surface area contributed by atoms with E-state index < -0.39 is 29.5 Å². The van der Waals surface area contributed by atoms with E-state index in [1.165, 1.54) is 25.3 Å². The van der Waals surface area contributed by atoms with Gasteiger partial charge in [0.1, 0.15) is 5.60 Å². The van der Waals surface area contributed by atoms with Gasteiger partial charge in [-0.3, -0.25) is 9.47 Å². The second-order valence-corrected chi connectivity index (χ2v) is 20.0. The molecule has 3 saturated carbocycles. The summed E-state index contributed by atoms with van der Waals surface area (Å²) in [5.41, 5.74) is 6.24. The fourth-order valence-corrected chi connectivity index (χ4v) is 10.9. The van der Waals surface area contributed by atoms with Crippen LogP contribution in [0.25, 0.3) is 10.9 Å². The lowest BCUT2D eigenvalue weighted by Crippen LogP contribution is -2.53. The average Bonchev–Trinajstić information content (AvgIpc) is 3.96. The van der Waals surface area contributed by atoms with Crippen molar-refractivity contribution in [3.05, 3.63) is 106 Å². The third-order valence-corrected chi connectivity index (χ3v) is 13.9. The van der Waals surface area contributed by atoms with Crippen molar-refractivity contribution >= 4 is 28.9 Å². The van der Waals surface area contributed by atoms with E-state index in [0.717, 1.165) is 66.2 Å². The van der Waals surface area contributed by atoms with Crippen LogP contribution < -0.4 is 5.32 Å². The number of halogens is 4. The van der Waals surface area contributed by atoms with Gasteiger partial charge in [-0.1, -0.05) is 30.3 Å². The van der Waals surface area contributed by atoms with Crippen molar-refractivity contribution in [2.45, 2.75) is 134 Å². The van der Waals surface area contributed by atoms with E-state index in [-0.39, 0.29) is 54.6 Å². The number of likely N-dealkylation sites (tertiary alicyclic amines) is 1. The monoisotopic (exact) mass is 873 g/mol. The van der Waals surface area contributed by atoms with Crippen molar-refractivity contribution in [1.29, 1.82) is 0 Å². The number of esters is 2. The fraction of sp³-hybridized carbons (Fsp3) is 0.540. The van der Waals surface area contributed by atoms with Gasteiger partial charge in [-0.2, -0.15) is 0 Å². The summed E-state index contributed by atoms with van der Waals surface area (Å²) in [5.74, 6) is -5.34. The minimum absolute atomic E-state index is 0.0123. The van der Waals surface area contributed by atoms with Crippen LogP contribution in [0.15, 0.2) is 66.9 Å².